The molecule has 0 fully saturated rings. The summed E-state index contributed by atoms with van der Waals surface area (Å²) in [4.78, 5) is 4.49. The molecule has 0 bridgehead atoms. The highest BCUT2D eigenvalue weighted by molar-refractivity contribution is 5.16. The third-order valence-electron chi connectivity index (χ3n) is 2.49. The van der Waals surface area contributed by atoms with Crippen LogP contribution in [-0.2, 0) is 13.0 Å². The summed E-state index contributed by atoms with van der Waals surface area (Å²) in [7, 11) is 0. The molecule has 78 valence electrons. The number of aromatic nitrogens is 2. The monoisotopic (exact) mass is 200 g/mol. The van der Waals surface area contributed by atoms with Crippen molar-refractivity contribution in [3.05, 3.63) is 53.6 Å². The second kappa shape index (κ2) is 4.30. The van der Waals surface area contributed by atoms with E-state index < -0.39 is 0 Å². The molecule has 0 unspecified atom stereocenters. The van der Waals surface area contributed by atoms with Crippen LogP contribution < -0.4 is 0 Å². The van der Waals surface area contributed by atoms with E-state index in [1.165, 1.54) is 5.56 Å². The van der Waals surface area contributed by atoms with Crippen LogP contribution in [0, 0.1) is 6.92 Å². The van der Waals surface area contributed by atoms with Crippen molar-refractivity contribution in [1.29, 1.82) is 0 Å². The molecule has 1 aromatic heterocycles. The average Bonchev–Trinajstić information content (AvgIpc) is 2.60. The third-order valence-corrected chi connectivity index (χ3v) is 2.49. The molecule has 15 heavy (non-hydrogen) atoms. The lowest BCUT2D eigenvalue weighted by Crippen LogP contribution is -2.02. The molecule has 0 aliphatic carbocycles. The standard InChI is InChI=1S/C13H16N2/c1-3-13-14-11(2)9-15(13)10-12-7-5-4-6-8-12/h4-9H,3,10H2,1-2H3. The average molecular weight is 200 g/mol. The minimum absolute atomic E-state index is 0.921. The van der Waals surface area contributed by atoms with E-state index >= 15 is 0 Å². The number of aryl methyl sites for hydroxylation is 2. The van der Waals surface area contributed by atoms with Crippen LogP contribution in [0.4, 0.5) is 0 Å². The van der Waals surface area contributed by atoms with Gasteiger partial charge in [-0.3, -0.25) is 0 Å². The molecule has 2 rings (SSSR count). The van der Waals surface area contributed by atoms with Gasteiger partial charge in [-0.25, -0.2) is 4.98 Å². The Hall–Kier alpha value is -1.57. The highest BCUT2D eigenvalue weighted by Crippen LogP contribution is 2.08. The Bertz CT molecular complexity index is 429. The second-order valence-corrected chi connectivity index (χ2v) is 3.77. The predicted molar refractivity (Wildman–Crippen MR) is 61.9 cm³/mol. The molecule has 0 aliphatic rings. The van der Waals surface area contributed by atoms with Gasteiger partial charge in [0.1, 0.15) is 5.82 Å². The molecule has 0 aliphatic heterocycles. The van der Waals surface area contributed by atoms with Crippen molar-refractivity contribution in [3.63, 3.8) is 0 Å². The van der Waals surface area contributed by atoms with Crippen molar-refractivity contribution >= 4 is 0 Å². The van der Waals surface area contributed by atoms with Crippen LogP contribution in [0.15, 0.2) is 36.5 Å². The zero-order chi connectivity index (χ0) is 10.7. The summed E-state index contributed by atoms with van der Waals surface area (Å²) in [6, 6.07) is 10.5. The van der Waals surface area contributed by atoms with Crippen LogP contribution in [0.25, 0.3) is 0 Å². The van der Waals surface area contributed by atoms with Crippen molar-refractivity contribution in [3.8, 4) is 0 Å². The highest BCUT2D eigenvalue weighted by Gasteiger charge is 2.03. The van der Waals surface area contributed by atoms with Crippen LogP contribution >= 0.6 is 0 Å². The van der Waals surface area contributed by atoms with Crippen molar-refractivity contribution in [2.45, 2.75) is 26.8 Å². The van der Waals surface area contributed by atoms with Gasteiger partial charge in [0.2, 0.25) is 0 Å². The Labute approximate surface area is 90.6 Å². The van der Waals surface area contributed by atoms with Gasteiger partial charge in [0.05, 0.1) is 5.69 Å². The summed E-state index contributed by atoms with van der Waals surface area (Å²) < 4.78 is 2.23. The maximum atomic E-state index is 4.49. The largest absolute Gasteiger partial charge is 0.330 e. The molecule has 1 aromatic carbocycles. The van der Waals surface area contributed by atoms with Gasteiger partial charge in [0, 0.05) is 19.2 Å². The summed E-state index contributed by atoms with van der Waals surface area (Å²) in [5.41, 5.74) is 2.42. The molecule has 2 aromatic rings. The first-order valence-corrected chi connectivity index (χ1v) is 5.36. The number of hydrogen-bond donors (Lipinski definition) is 0. The zero-order valence-electron chi connectivity index (χ0n) is 9.27. The van der Waals surface area contributed by atoms with Gasteiger partial charge in [-0.05, 0) is 12.5 Å². The number of rotatable bonds is 3. The molecule has 1 heterocycles. The minimum Gasteiger partial charge on any atom is -0.330 e. The van der Waals surface area contributed by atoms with Crippen LogP contribution in [0.1, 0.15) is 24.0 Å². The molecule has 0 spiro atoms. The van der Waals surface area contributed by atoms with E-state index in [0.717, 1.165) is 24.5 Å². The van der Waals surface area contributed by atoms with Crippen LogP contribution in [0.2, 0.25) is 0 Å². The van der Waals surface area contributed by atoms with Gasteiger partial charge in [-0.15, -0.1) is 0 Å². The molecule has 0 radical (unpaired) electrons. The fraction of sp³-hybridized carbons (Fsp3) is 0.308. The highest BCUT2D eigenvalue weighted by atomic mass is 15.1. The zero-order valence-corrected chi connectivity index (χ0v) is 9.27. The maximum absolute atomic E-state index is 4.49. The van der Waals surface area contributed by atoms with Gasteiger partial charge >= 0.3 is 0 Å². The Morgan fingerprint density at radius 2 is 1.93 bits per heavy atom. The minimum atomic E-state index is 0.921. The molecule has 2 heteroatoms. The number of imidazole rings is 1. The Balaban J connectivity index is 2.24. The van der Waals surface area contributed by atoms with E-state index in [-0.39, 0.29) is 0 Å². The molecule has 0 atom stereocenters. The summed E-state index contributed by atoms with van der Waals surface area (Å²) in [6.45, 7) is 5.11. The SMILES string of the molecule is CCc1nc(C)cn1Cc1ccccc1. The van der Waals surface area contributed by atoms with E-state index in [4.69, 9.17) is 0 Å². The molecule has 0 N–H and O–H groups in total. The summed E-state index contributed by atoms with van der Waals surface area (Å²) in [5, 5.41) is 0. The molecular formula is C13H16N2. The van der Waals surface area contributed by atoms with E-state index in [1.54, 1.807) is 0 Å². The van der Waals surface area contributed by atoms with Crippen LogP contribution in [-0.4, -0.2) is 9.55 Å². The van der Waals surface area contributed by atoms with Crippen molar-refractivity contribution in [2.24, 2.45) is 0 Å². The quantitative estimate of drug-likeness (QED) is 0.745. The Kier molecular flexibility index (Phi) is 2.86. The lowest BCUT2D eigenvalue weighted by Gasteiger charge is -2.05. The maximum Gasteiger partial charge on any atom is 0.108 e. The predicted octanol–water partition coefficient (Wildman–Crippen LogP) is 2.80. The van der Waals surface area contributed by atoms with E-state index in [1.807, 2.05) is 13.0 Å². The van der Waals surface area contributed by atoms with Crippen LogP contribution in [0.3, 0.4) is 0 Å². The second-order valence-electron chi connectivity index (χ2n) is 3.77. The number of benzene rings is 1. The summed E-state index contributed by atoms with van der Waals surface area (Å²) >= 11 is 0. The van der Waals surface area contributed by atoms with Gasteiger partial charge in [-0.1, -0.05) is 37.3 Å². The van der Waals surface area contributed by atoms with E-state index in [2.05, 4.69) is 46.9 Å². The molecule has 0 amide bonds. The molecule has 2 nitrogen and oxygen atoms in total. The first-order chi connectivity index (χ1) is 7.29. The Morgan fingerprint density at radius 1 is 1.20 bits per heavy atom. The molecule has 0 saturated heterocycles. The first-order valence-electron chi connectivity index (χ1n) is 5.36. The third kappa shape index (κ3) is 2.27. The summed E-state index contributed by atoms with van der Waals surface area (Å²) in [6.07, 6.45) is 3.10. The lowest BCUT2D eigenvalue weighted by molar-refractivity contribution is 0.732. The normalized spacial score (nSPS) is 10.5. The number of hydrogen-bond acceptors (Lipinski definition) is 1. The van der Waals surface area contributed by atoms with E-state index in [9.17, 15) is 0 Å². The van der Waals surface area contributed by atoms with Crippen molar-refractivity contribution < 1.29 is 0 Å². The number of nitrogens with zero attached hydrogens (tertiary/aromatic N) is 2. The molecular weight excluding hydrogens is 184 g/mol. The summed E-state index contributed by atoms with van der Waals surface area (Å²) in [5.74, 6) is 1.16. The van der Waals surface area contributed by atoms with Gasteiger partial charge in [-0.2, -0.15) is 0 Å². The van der Waals surface area contributed by atoms with Gasteiger partial charge in [0.25, 0.3) is 0 Å². The first kappa shape index (κ1) is 9.97. The fourth-order valence-electron chi connectivity index (χ4n) is 1.80. The van der Waals surface area contributed by atoms with Gasteiger partial charge in [0.15, 0.2) is 0 Å². The van der Waals surface area contributed by atoms with Crippen molar-refractivity contribution in [2.75, 3.05) is 0 Å². The van der Waals surface area contributed by atoms with Gasteiger partial charge < -0.3 is 4.57 Å². The lowest BCUT2D eigenvalue weighted by atomic mass is 10.2. The van der Waals surface area contributed by atoms with E-state index in [0.29, 0.717) is 0 Å². The topological polar surface area (TPSA) is 17.8 Å². The van der Waals surface area contributed by atoms with Crippen LogP contribution in [0.5, 0.6) is 0 Å². The smallest absolute Gasteiger partial charge is 0.108 e. The molecule has 0 saturated carbocycles. The van der Waals surface area contributed by atoms with Crippen molar-refractivity contribution in [1.82, 2.24) is 9.55 Å². The fourth-order valence-corrected chi connectivity index (χ4v) is 1.80. The Morgan fingerprint density at radius 3 is 2.60 bits per heavy atom.